The van der Waals surface area contributed by atoms with Gasteiger partial charge in [0, 0.05) is 12.1 Å². The van der Waals surface area contributed by atoms with Crippen LogP contribution < -0.4 is 5.32 Å². The molecule has 0 aliphatic carbocycles. The van der Waals surface area contributed by atoms with Crippen LogP contribution in [0.3, 0.4) is 0 Å². The molecule has 146 valence electrons. The predicted molar refractivity (Wildman–Crippen MR) is 112 cm³/mol. The number of nitrogens with one attached hydrogen (secondary N) is 1. The number of hydrogen-bond acceptors (Lipinski definition) is 5. The molecule has 2 aromatic carbocycles. The zero-order chi connectivity index (χ0) is 19.9. The molecule has 28 heavy (non-hydrogen) atoms. The van der Waals surface area contributed by atoms with E-state index in [4.69, 9.17) is 4.42 Å². The summed E-state index contributed by atoms with van der Waals surface area (Å²) < 4.78 is 5.67. The normalized spacial score (nSPS) is 11.0. The first-order chi connectivity index (χ1) is 13.5. The molecule has 0 fully saturated rings. The minimum absolute atomic E-state index is 0.0422. The summed E-state index contributed by atoms with van der Waals surface area (Å²) in [6, 6.07) is 16.4. The zero-order valence-electron chi connectivity index (χ0n) is 16.4. The van der Waals surface area contributed by atoms with Gasteiger partial charge in [0.05, 0.1) is 5.75 Å². The van der Waals surface area contributed by atoms with Gasteiger partial charge in [0.1, 0.15) is 0 Å². The summed E-state index contributed by atoms with van der Waals surface area (Å²) in [4.78, 5) is 12.1. The Morgan fingerprint density at radius 2 is 1.86 bits per heavy atom. The molecule has 1 N–H and O–H groups in total. The minimum atomic E-state index is -0.0422. The molecule has 0 unspecified atom stereocenters. The number of nitrogens with zero attached hydrogens (tertiary/aromatic N) is 2. The van der Waals surface area contributed by atoms with Crippen LogP contribution in [0, 0.1) is 6.92 Å². The van der Waals surface area contributed by atoms with Gasteiger partial charge in [-0.3, -0.25) is 4.79 Å². The molecule has 5 nitrogen and oxygen atoms in total. The van der Waals surface area contributed by atoms with Crippen molar-refractivity contribution in [2.24, 2.45) is 0 Å². The highest BCUT2D eigenvalue weighted by atomic mass is 32.2. The smallest absolute Gasteiger partial charge is 0.277 e. The van der Waals surface area contributed by atoms with E-state index in [2.05, 4.69) is 53.6 Å². The molecule has 0 aliphatic rings. The van der Waals surface area contributed by atoms with E-state index in [0.717, 1.165) is 17.5 Å². The molecule has 0 radical (unpaired) electrons. The average Bonchev–Trinajstić information content (AvgIpc) is 3.16. The topological polar surface area (TPSA) is 68.0 Å². The maximum atomic E-state index is 12.1. The first kappa shape index (κ1) is 20.1. The van der Waals surface area contributed by atoms with Crippen LogP contribution in [-0.2, 0) is 11.2 Å². The lowest BCUT2D eigenvalue weighted by Crippen LogP contribution is -2.27. The van der Waals surface area contributed by atoms with Gasteiger partial charge in [-0.2, -0.15) is 0 Å². The lowest BCUT2D eigenvalue weighted by Gasteiger charge is -2.07. The fourth-order valence-electron chi connectivity index (χ4n) is 2.78. The fourth-order valence-corrected chi connectivity index (χ4v) is 3.38. The first-order valence-corrected chi connectivity index (χ1v) is 10.4. The van der Waals surface area contributed by atoms with Gasteiger partial charge in [-0.15, -0.1) is 10.2 Å². The molecule has 1 amide bonds. The quantitative estimate of drug-likeness (QED) is 0.564. The highest BCUT2D eigenvalue weighted by molar-refractivity contribution is 7.99. The molecule has 0 aliphatic heterocycles. The highest BCUT2D eigenvalue weighted by Gasteiger charge is 2.12. The number of hydrogen-bond donors (Lipinski definition) is 1. The van der Waals surface area contributed by atoms with Crippen molar-refractivity contribution in [1.29, 1.82) is 0 Å². The van der Waals surface area contributed by atoms with Crippen LogP contribution in [0.5, 0.6) is 0 Å². The Kier molecular flexibility index (Phi) is 6.87. The summed E-state index contributed by atoms with van der Waals surface area (Å²) in [5.41, 5.74) is 4.53. The molecule has 1 heterocycles. The maximum absolute atomic E-state index is 12.1. The third kappa shape index (κ3) is 5.45. The number of amides is 1. The third-order valence-corrected chi connectivity index (χ3v) is 5.31. The SMILES string of the molecule is Cc1ccccc1-c1nnc(SCC(=O)NCCc2ccc(C(C)C)cc2)o1. The first-order valence-electron chi connectivity index (χ1n) is 9.41. The van der Waals surface area contributed by atoms with Crippen LogP contribution in [0.25, 0.3) is 11.5 Å². The van der Waals surface area contributed by atoms with Crippen LogP contribution in [0.2, 0.25) is 0 Å². The molecule has 1 aromatic heterocycles. The zero-order valence-corrected chi connectivity index (χ0v) is 17.3. The van der Waals surface area contributed by atoms with Gasteiger partial charge in [0.15, 0.2) is 0 Å². The van der Waals surface area contributed by atoms with E-state index in [1.54, 1.807) is 0 Å². The van der Waals surface area contributed by atoms with Crippen LogP contribution in [-0.4, -0.2) is 28.4 Å². The van der Waals surface area contributed by atoms with Gasteiger partial charge in [0.25, 0.3) is 5.22 Å². The summed E-state index contributed by atoms with van der Waals surface area (Å²) in [5, 5.41) is 11.4. The van der Waals surface area contributed by atoms with Crippen LogP contribution >= 0.6 is 11.8 Å². The Bertz CT molecular complexity index is 920. The van der Waals surface area contributed by atoms with Crippen LogP contribution in [0.1, 0.15) is 36.5 Å². The number of carbonyl (C=O) groups is 1. The van der Waals surface area contributed by atoms with Gasteiger partial charge >= 0.3 is 0 Å². The molecular weight excluding hydrogens is 370 g/mol. The Labute approximate surface area is 170 Å². The summed E-state index contributed by atoms with van der Waals surface area (Å²) in [6.45, 7) is 6.97. The molecular formula is C22H25N3O2S. The van der Waals surface area contributed by atoms with Crippen molar-refractivity contribution in [2.45, 2.75) is 38.3 Å². The molecule has 6 heteroatoms. The number of carbonyl (C=O) groups excluding carboxylic acids is 1. The van der Waals surface area contributed by atoms with Gasteiger partial charge in [-0.05, 0) is 42.0 Å². The van der Waals surface area contributed by atoms with E-state index >= 15 is 0 Å². The van der Waals surface area contributed by atoms with E-state index in [0.29, 0.717) is 23.6 Å². The molecule has 0 saturated heterocycles. The summed E-state index contributed by atoms with van der Waals surface area (Å²) in [5.74, 6) is 1.22. The lowest BCUT2D eigenvalue weighted by molar-refractivity contribution is -0.118. The summed E-state index contributed by atoms with van der Waals surface area (Å²) >= 11 is 1.25. The number of benzene rings is 2. The van der Waals surface area contributed by atoms with Crippen molar-refractivity contribution in [3.05, 3.63) is 65.2 Å². The van der Waals surface area contributed by atoms with Crippen molar-refractivity contribution in [3.8, 4) is 11.5 Å². The third-order valence-electron chi connectivity index (χ3n) is 4.49. The lowest BCUT2D eigenvalue weighted by atomic mass is 10.0. The van der Waals surface area contributed by atoms with Gasteiger partial charge in [-0.25, -0.2) is 0 Å². The molecule has 3 rings (SSSR count). The Balaban J connectivity index is 1.43. The van der Waals surface area contributed by atoms with Gasteiger partial charge in [-0.1, -0.05) is 68.1 Å². The Morgan fingerprint density at radius 1 is 1.11 bits per heavy atom. The van der Waals surface area contributed by atoms with Crippen LogP contribution in [0.15, 0.2) is 58.2 Å². The molecule has 3 aromatic rings. The van der Waals surface area contributed by atoms with Crippen molar-refractivity contribution in [1.82, 2.24) is 15.5 Å². The van der Waals surface area contributed by atoms with Gasteiger partial charge in [0.2, 0.25) is 11.8 Å². The van der Waals surface area contributed by atoms with Crippen molar-refractivity contribution < 1.29 is 9.21 Å². The number of rotatable bonds is 8. The van der Waals surface area contributed by atoms with Crippen molar-refractivity contribution in [2.75, 3.05) is 12.3 Å². The fraction of sp³-hybridized carbons (Fsp3) is 0.318. The summed E-state index contributed by atoms with van der Waals surface area (Å²) in [6.07, 6.45) is 0.812. The van der Waals surface area contributed by atoms with Crippen molar-refractivity contribution >= 4 is 17.7 Å². The van der Waals surface area contributed by atoms with E-state index in [1.807, 2.05) is 31.2 Å². The maximum Gasteiger partial charge on any atom is 0.277 e. The average molecular weight is 396 g/mol. The van der Waals surface area contributed by atoms with Crippen molar-refractivity contribution in [3.63, 3.8) is 0 Å². The summed E-state index contributed by atoms with van der Waals surface area (Å²) in [7, 11) is 0. The Hall–Kier alpha value is -2.60. The monoisotopic (exact) mass is 395 g/mol. The standard InChI is InChI=1S/C22H25N3O2S/c1-15(2)18-10-8-17(9-11-18)12-13-23-20(26)14-28-22-25-24-21(27-22)19-7-5-4-6-16(19)3/h4-11,15H,12-14H2,1-3H3,(H,23,26). The molecule has 0 atom stereocenters. The minimum Gasteiger partial charge on any atom is -0.411 e. The Morgan fingerprint density at radius 3 is 2.57 bits per heavy atom. The largest absolute Gasteiger partial charge is 0.411 e. The molecule has 0 bridgehead atoms. The van der Waals surface area contributed by atoms with E-state index in [9.17, 15) is 4.79 Å². The van der Waals surface area contributed by atoms with E-state index in [-0.39, 0.29) is 11.7 Å². The second-order valence-electron chi connectivity index (χ2n) is 6.97. The number of thioether (sulfide) groups is 1. The molecule has 0 spiro atoms. The van der Waals surface area contributed by atoms with E-state index in [1.165, 1.54) is 22.9 Å². The second-order valence-corrected chi connectivity index (χ2v) is 7.90. The number of aryl methyl sites for hydroxylation is 1. The van der Waals surface area contributed by atoms with Gasteiger partial charge < -0.3 is 9.73 Å². The highest BCUT2D eigenvalue weighted by Crippen LogP contribution is 2.25. The van der Waals surface area contributed by atoms with E-state index < -0.39 is 0 Å². The second kappa shape index (κ2) is 9.55. The predicted octanol–water partition coefficient (Wildman–Crippen LogP) is 4.62. The molecule has 0 saturated carbocycles. The van der Waals surface area contributed by atoms with Crippen LogP contribution in [0.4, 0.5) is 0 Å². The number of aromatic nitrogens is 2.